The van der Waals surface area contributed by atoms with E-state index in [1.165, 1.54) is 10.6 Å². The molecule has 0 aliphatic rings. The first-order chi connectivity index (χ1) is 7.22. The highest BCUT2D eigenvalue weighted by molar-refractivity contribution is 7.99. The summed E-state index contributed by atoms with van der Waals surface area (Å²) in [6.07, 6.45) is 3.09. The highest BCUT2D eigenvalue weighted by atomic mass is 32.2. The first kappa shape index (κ1) is 13.0. The number of rotatable bonds is 7. The molecule has 0 radical (unpaired) electrons. The van der Waals surface area contributed by atoms with Crippen molar-refractivity contribution < 1.29 is 0 Å². The molecule has 1 N–H and O–H groups in total. The summed E-state index contributed by atoms with van der Waals surface area (Å²) < 4.78 is 0. The van der Waals surface area contributed by atoms with E-state index in [1.807, 2.05) is 23.5 Å². The molecule has 4 heteroatoms. The summed E-state index contributed by atoms with van der Waals surface area (Å²) in [5.74, 6) is 1.18. The predicted octanol–water partition coefficient (Wildman–Crippen LogP) is 2.81. The molecule has 0 aliphatic carbocycles. The highest BCUT2D eigenvalue weighted by Gasteiger charge is 2.10. The monoisotopic (exact) mass is 244 g/mol. The molecule has 86 valence electrons. The van der Waals surface area contributed by atoms with E-state index in [0.717, 1.165) is 13.0 Å². The molecule has 1 unspecified atom stereocenters. The number of nitrogens with one attached hydrogen (secondary N) is 1. The van der Waals surface area contributed by atoms with Crippen LogP contribution in [0.4, 0.5) is 0 Å². The number of aromatic nitrogens is 1. The van der Waals surface area contributed by atoms with Gasteiger partial charge in [0, 0.05) is 22.9 Å². The van der Waals surface area contributed by atoms with E-state index in [-0.39, 0.29) is 0 Å². The Bertz CT molecular complexity index is 247. The zero-order valence-corrected chi connectivity index (χ0v) is 11.3. The van der Waals surface area contributed by atoms with Crippen LogP contribution in [-0.4, -0.2) is 28.6 Å². The van der Waals surface area contributed by atoms with Crippen LogP contribution >= 0.6 is 23.1 Å². The molecular formula is C11H20N2S2. The van der Waals surface area contributed by atoms with Crippen molar-refractivity contribution in [1.29, 1.82) is 0 Å². The molecule has 1 aromatic heterocycles. The van der Waals surface area contributed by atoms with Gasteiger partial charge in [-0.2, -0.15) is 11.8 Å². The minimum atomic E-state index is 0.586. The highest BCUT2D eigenvalue weighted by Crippen LogP contribution is 2.15. The van der Waals surface area contributed by atoms with Crippen LogP contribution in [-0.2, 0) is 6.42 Å². The Morgan fingerprint density at radius 2 is 2.33 bits per heavy atom. The van der Waals surface area contributed by atoms with Gasteiger partial charge in [-0.25, -0.2) is 0 Å². The molecule has 1 rings (SSSR count). The summed E-state index contributed by atoms with van der Waals surface area (Å²) in [5.41, 5.74) is 1.91. The zero-order valence-electron chi connectivity index (χ0n) is 9.69. The van der Waals surface area contributed by atoms with Crippen LogP contribution in [0.2, 0.25) is 0 Å². The molecule has 1 atom stereocenters. The molecule has 0 saturated heterocycles. The van der Waals surface area contributed by atoms with Gasteiger partial charge in [0.2, 0.25) is 0 Å². The van der Waals surface area contributed by atoms with Crippen molar-refractivity contribution >= 4 is 23.1 Å². The van der Waals surface area contributed by atoms with Crippen molar-refractivity contribution in [1.82, 2.24) is 10.3 Å². The summed E-state index contributed by atoms with van der Waals surface area (Å²) in [6.45, 7) is 7.71. The van der Waals surface area contributed by atoms with E-state index < -0.39 is 0 Å². The van der Waals surface area contributed by atoms with Gasteiger partial charge in [-0.05, 0) is 18.2 Å². The SMILES string of the molecule is CCNC(CSC(C)C)Cc1cncs1. The first-order valence-corrected chi connectivity index (χ1v) is 7.37. The fourth-order valence-electron chi connectivity index (χ4n) is 1.37. The van der Waals surface area contributed by atoms with Crippen molar-refractivity contribution in [2.45, 2.75) is 38.5 Å². The number of thiazole rings is 1. The topological polar surface area (TPSA) is 24.9 Å². The molecule has 0 bridgehead atoms. The number of hydrogen-bond acceptors (Lipinski definition) is 4. The van der Waals surface area contributed by atoms with Gasteiger partial charge < -0.3 is 5.32 Å². The maximum Gasteiger partial charge on any atom is 0.0794 e. The average molecular weight is 244 g/mol. The third-order valence-corrected chi connectivity index (χ3v) is 4.12. The van der Waals surface area contributed by atoms with Crippen LogP contribution in [0.25, 0.3) is 0 Å². The van der Waals surface area contributed by atoms with E-state index in [2.05, 4.69) is 31.1 Å². The van der Waals surface area contributed by atoms with Crippen LogP contribution in [0, 0.1) is 0 Å². The Hall–Kier alpha value is -0.0600. The Morgan fingerprint density at radius 3 is 2.87 bits per heavy atom. The molecule has 1 heterocycles. The van der Waals surface area contributed by atoms with Gasteiger partial charge in [-0.1, -0.05) is 20.8 Å². The lowest BCUT2D eigenvalue weighted by molar-refractivity contribution is 0.575. The lowest BCUT2D eigenvalue weighted by atomic mass is 10.2. The second-order valence-corrected chi connectivity index (χ2v) is 6.39. The van der Waals surface area contributed by atoms with Crippen molar-refractivity contribution in [2.75, 3.05) is 12.3 Å². The fraction of sp³-hybridized carbons (Fsp3) is 0.727. The Balaban J connectivity index is 2.36. The normalized spacial score (nSPS) is 13.3. The van der Waals surface area contributed by atoms with E-state index in [1.54, 1.807) is 11.3 Å². The number of thioether (sulfide) groups is 1. The summed E-state index contributed by atoms with van der Waals surface area (Å²) in [6, 6.07) is 0.586. The van der Waals surface area contributed by atoms with Crippen LogP contribution < -0.4 is 5.32 Å². The minimum Gasteiger partial charge on any atom is -0.313 e. The molecule has 0 amide bonds. The van der Waals surface area contributed by atoms with Crippen LogP contribution in [0.15, 0.2) is 11.7 Å². The van der Waals surface area contributed by atoms with Crippen molar-refractivity contribution in [3.63, 3.8) is 0 Å². The minimum absolute atomic E-state index is 0.586. The van der Waals surface area contributed by atoms with Crippen molar-refractivity contribution in [2.24, 2.45) is 0 Å². The second-order valence-electron chi connectivity index (χ2n) is 3.81. The van der Waals surface area contributed by atoms with Crippen LogP contribution in [0.3, 0.4) is 0 Å². The maximum absolute atomic E-state index is 4.11. The molecule has 1 aromatic rings. The van der Waals surface area contributed by atoms with Gasteiger partial charge in [0.05, 0.1) is 5.51 Å². The summed E-state index contributed by atoms with van der Waals surface area (Å²) in [7, 11) is 0. The van der Waals surface area contributed by atoms with Gasteiger partial charge in [0.25, 0.3) is 0 Å². The van der Waals surface area contributed by atoms with Crippen LogP contribution in [0.1, 0.15) is 25.6 Å². The van der Waals surface area contributed by atoms with Gasteiger partial charge in [-0.15, -0.1) is 11.3 Å². The summed E-state index contributed by atoms with van der Waals surface area (Å²) >= 11 is 3.77. The lowest BCUT2D eigenvalue weighted by Gasteiger charge is -2.17. The second kappa shape index (κ2) is 7.25. The van der Waals surface area contributed by atoms with Gasteiger partial charge in [-0.3, -0.25) is 4.98 Å². The molecule has 2 nitrogen and oxygen atoms in total. The molecule has 0 aliphatic heterocycles. The predicted molar refractivity (Wildman–Crippen MR) is 70.9 cm³/mol. The summed E-state index contributed by atoms with van der Waals surface area (Å²) in [4.78, 5) is 5.49. The third-order valence-electron chi connectivity index (χ3n) is 2.05. The Kier molecular flexibility index (Phi) is 6.29. The largest absolute Gasteiger partial charge is 0.313 e. The number of likely N-dealkylation sites (N-methyl/N-ethyl adjacent to an activating group) is 1. The maximum atomic E-state index is 4.11. The quantitative estimate of drug-likeness (QED) is 0.798. The van der Waals surface area contributed by atoms with E-state index >= 15 is 0 Å². The fourth-order valence-corrected chi connectivity index (χ4v) is 2.90. The average Bonchev–Trinajstić information content (AvgIpc) is 2.67. The van der Waals surface area contributed by atoms with Gasteiger partial charge in [0.1, 0.15) is 0 Å². The van der Waals surface area contributed by atoms with Crippen molar-refractivity contribution in [3.05, 3.63) is 16.6 Å². The molecule has 0 aromatic carbocycles. The Morgan fingerprint density at radius 1 is 1.53 bits per heavy atom. The molecule has 0 spiro atoms. The van der Waals surface area contributed by atoms with Gasteiger partial charge >= 0.3 is 0 Å². The lowest BCUT2D eigenvalue weighted by Crippen LogP contribution is -2.33. The molecule has 0 fully saturated rings. The van der Waals surface area contributed by atoms with Gasteiger partial charge in [0.15, 0.2) is 0 Å². The Labute approximate surface area is 101 Å². The summed E-state index contributed by atoms with van der Waals surface area (Å²) in [5, 5.41) is 4.25. The first-order valence-electron chi connectivity index (χ1n) is 5.44. The van der Waals surface area contributed by atoms with Crippen molar-refractivity contribution in [3.8, 4) is 0 Å². The number of hydrogen-bond donors (Lipinski definition) is 1. The van der Waals surface area contributed by atoms with E-state index in [4.69, 9.17) is 0 Å². The smallest absolute Gasteiger partial charge is 0.0794 e. The zero-order chi connectivity index (χ0) is 11.1. The number of nitrogens with zero attached hydrogens (tertiary/aromatic N) is 1. The molecular weight excluding hydrogens is 224 g/mol. The third kappa shape index (κ3) is 5.54. The van der Waals surface area contributed by atoms with E-state index in [9.17, 15) is 0 Å². The standard InChI is InChI=1S/C11H20N2S2/c1-4-13-10(7-14-9(2)3)5-11-6-12-8-15-11/h6,8-10,13H,4-5,7H2,1-3H3. The molecule has 0 saturated carbocycles. The van der Waals surface area contributed by atoms with E-state index in [0.29, 0.717) is 11.3 Å². The van der Waals surface area contributed by atoms with Crippen LogP contribution in [0.5, 0.6) is 0 Å². The molecule has 15 heavy (non-hydrogen) atoms.